The smallest absolute Gasteiger partial charge is 0.343 e. The molecule has 2 aromatic rings. The molecule has 0 aliphatic carbocycles. The van der Waals surface area contributed by atoms with Crippen LogP contribution in [0, 0.1) is 17.0 Å². The predicted molar refractivity (Wildman–Crippen MR) is 91.3 cm³/mol. The second-order valence-corrected chi connectivity index (χ2v) is 5.74. The Morgan fingerprint density at radius 3 is 2.54 bits per heavy atom. The lowest BCUT2D eigenvalue weighted by Gasteiger charge is -2.01. The molecule has 0 spiro atoms. The van der Waals surface area contributed by atoms with Crippen LogP contribution in [0.2, 0.25) is 5.02 Å². The molecule has 1 aliphatic rings. The fraction of sp³-hybridized carbons (Fsp3) is 0.0556. The van der Waals surface area contributed by atoms with Gasteiger partial charge in [-0.15, -0.1) is 0 Å². The molecule has 0 atom stereocenters. The van der Waals surface area contributed by atoms with E-state index in [-0.39, 0.29) is 5.69 Å². The minimum Gasteiger partial charge on any atom is -0.422 e. The first-order valence-corrected chi connectivity index (χ1v) is 7.48. The van der Waals surface area contributed by atoms with E-state index in [1.165, 1.54) is 6.07 Å². The lowest BCUT2D eigenvalue weighted by molar-refractivity contribution is -0.385. The quantitative estimate of drug-likeness (QED) is 0.356. The van der Waals surface area contributed by atoms with E-state index in [9.17, 15) is 14.9 Å². The molecule has 0 aromatic heterocycles. The lowest BCUT2D eigenvalue weighted by atomic mass is 10.1. The monoisotopic (exact) mass is 341 g/mol. The van der Waals surface area contributed by atoms with E-state index in [2.05, 4.69) is 0 Å². The number of cyclic esters (lactones) is 1. The summed E-state index contributed by atoms with van der Waals surface area (Å²) in [5, 5.41) is 11.6. The first-order valence-electron chi connectivity index (χ1n) is 7.10. The Kier molecular flexibility index (Phi) is 4.18. The number of ether oxygens (including phenoxy) is 1. The van der Waals surface area contributed by atoms with Crippen molar-refractivity contribution in [3.8, 4) is 0 Å². The van der Waals surface area contributed by atoms with Crippen LogP contribution in [-0.2, 0) is 9.53 Å². The number of aryl methyl sites for hydroxylation is 1. The highest BCUT2D eigenvalue weighted by Gasteiger charge is 2.22. The van der Waals surface area contributed by atoms with Crippen LogP contribution in [0.1, 0.15) is 16.7 Å². The molecule has 0 saturated heterocycles. The molecule has 2 aromatic carbocycles. The topological polar surface area (TPSA) is 69.4 Å². The number of rotatable bonds is 3. The number of benzene rings is 2. The Hall–Kier alpha value is -2.92. The third-order valence-electron chi connectivity index (χ3n) is 3.61. The van der Waals surface area contributed by atoms with Gasteiger partial charge in [0.15, 0.2) is 0 Å². The first-order chi connectivity index (χ1) is 11.4. The third-order valence-corrected chi connectivity index (χ3v) is 3.86. The van der Waals surface area contributed by atoms with Crippen molar-refractivity contribution >= 4 is 35.1 Å². The Morgan fingerprint density at radius 1 is 1.17 bits per heavy atom. The van der Waals surface area contributed by atoms with Crippen molar-refractivity contribution in [1.82, 2.24) is 0 Å². The van der Waals surface area contributed by atoms with Crippen LogP contribution >= 0.6 is 11.6 Å². The summed E-state index contributed by atoms with van der Waals surface area (Å²) in [6.07, 6.45) is 3.18. The van der Waals surface area contributed by atoms with Crippen molar-refractivity contribution in [3.05, 3.63) is 85.9 Å². The van der Waals surface area contributed by atoms with Gasteiger partial charge in [-0.1, -0.05) is 23.7 Å². The summed E-state index contributed by atoms with van der Waals surface area (Å²) in [6, 6.07) is 11.7. The fourth-order valence-electron chi connectivity index (χ4n) is 2.34. The van der Waals surface area contributed by atoms with Crippen LogP contribution in [0.25, 0.3) is 11.8 Å². The summed E-state index contributed by atoms with van der Waals surface area (Å²) in [5.74, 6) is -0.0762. The first kappa shape index (κ1) is 16.0. The van der Waals surface area contributed by atoms with Gasteiger partial charge in [0.05, 0.1) is 10.5 Å². The van der Waals surface area contributed by atoms with E-state index in [0.29, 0.717) is 27.5 Å². The summed E-state index contributed by atoms with van der Waals surface area (Å²) in [6.45, 7) is 1.66. The molecule has 0 unspecified atom stereocenters. The van der Waals surface area contributed by atoms with E-state index >= 15 is 0 Å². The highest BCUT2D eigenvalue weighted by molar-refractivity contribution is 6.30. The van der Waals surface area contributed by atoms with Crippen molar-refractivity contribution in [2.45, 2.75) is 6.92 Å². The van der Waals surface area contributed by atoms with Crippen LogP contribution in [0.3, 0.4) is 0 Å². The zero-order valence-corrected chi connectivity index (χ0v) is 13.4. The average molecular weight is 342 g/mol. The molecule has 5 nitrogen and oxygen atoms in total. The summed E-state index contributed by atoms with van der Waals surface area (Å²) in [4.78, 5) is 22.6. The number of nitro benzene ring substituents is 1. The fourth-order valence-corrected chi connectivity index (χ4v) is 2.46. The molecular weight excluding hydrogens is 330 g/mol. The summed E-state index contributed by atoms with van der Waals surface area (Å²) < 4.78 is 5.25. The Morgan fingerprint density at radius 2 is 1.88 bits per heavy atom. The van der Waals surface area contributed by atoms with E-state index in [1.54, 1.807) is 55.5 Å². The van der Waals surface area contributed by atoms with Crippen molar-refractivity contribution in [3.63, 3.8) is 0 Å². The SMILES string of the molecule is Cc1ccc(/C=C2\C=C(c3ccc(Cl)cc3)OC2=O)cc1[N+](=O)[O-]. The summed E-state index contributed by atoms with van der Waals surface area (Å²) in [5.41, 5.74) is 2.20. The molecule has 0 radical (unpaired) electrons. The van der Waals surface area contributed by atoms with E-state index in [4.69, 9.17) is 16.3 Å². The molecule has 6 heteroatoms. The van der Waals surface area contributed by atoms with Crippen LogP contribution in [-0.4, -0.2) is 10.9 Å². The van der Waals surface area contributed by atoms with Gasteiger partial charge in [0.25, 0.3) is 5.69 Å². The molecule has 3 rings (SSSR count). The number of carbonyl (C=O) groups is 1. The summed E-state index contributed by atoms with van der Waals surface area (Å²) >= 11 is 5.84. The molecular formula is C18H12ClNO4. The molecule has 0 amide bonds. The van der Waals surface area contributed by atoms with Crippen LogP contribution in [0.5, 0.6) is 0 Å². The summed E-state index contributed by atoms with van der Waals surface area (Å²) in [7, 11) is 0. The maximum atomic E-state index is 12.0. The van der Waals surface area contributed by atoms with Crippen LogP contribution in [0.4, 0.5) is 5.69 Å². The number of hydrogen-bond acceptors (Lipinski definition) is 4. The van der Waals surface area contributed by atoms with Crippen LogP contribution < -0.4 is 0 Å². The van der Waals surface area contributed by atoms with Gasteiger partial charge in [-0.3, -0.25) is 10.1 Å². The number of halogens is 1. The van der Waals surface area contributed by atoms with Gasteiger partial charge in [0, 0.05) is 22.2 Å². The Balaban J connectivity index is 1.95. The Bertz CT molecular complexity index is 898. The standard InChI is InChI=1S/C18H12ClNO4/c1-11-2-3-12(9-16(11)20(22)23)8-14-10-17(24-18(14)21)13-4-6-15(19)7-5-13/h2-10H,1H3/b14-8+. The van der Waals surface area contributed by atoms with E-state index in [1.807, 2.05) is 0 Å². The minimum absolute atomic E-state index is 0.0117. The van der Waals surface area contributed by atoms with Gasteiger partial charge in [0.2, 0.25) is 0 Å². The third kappa shape index (κ3) is 3.21. The minimum atomic E-state index is -0.497. The number of esters is 1. The van der Waals surface area contributed by atoms with Gasteiger partial charge >= 0.3 is 5.97 Å². The average Bonchev–Trinajstić information content (AvgIpc) is 2.90. The normalized spacial score (nSPS) is 15.3. The van der Waals surface area contributed by atoms with Crippen LogP contribution in [0.15, 0.2) is 54.1 Å². The zero-order valence-electron chi connectivity index (χ0n) is 12.7. The predicted octanol–water partition coefficient (Wildman–Crippen LogP) is 4.54. The molecule has 0 saturated carbocycles. The number of nitrogens with zero attached hydrogens (tertiary/aromatic N) is 1. The second kappa shape index (κ2) is 6.29. The van der Waals surface area contributed by atoms with Crippen molar-refractivity contribution in [2.75, 3.05) is 0 Å². The Labute approximate surface area is 143 Å². The highest BCUT2D eigenvalue weighted by atomic mass is 35.5. The molecule has 1 heterocycles. The van der Waals surface area contributed by atoms with E-state index in [0.717, 1.165) is 5.56 Å². The maximum Gasteiger partial charge on any atom is 0.343 e. The highest BCUT2D eigenvalue weighted by Crippen LogP contribution is 2.29. The molecule has 0 N–H and O–H groups in total. The van der Waals surface area contributed by atoms with Crippen molar-refractivity contribution in [1.29, 1.82) is 0 Å². The van der Waals surface area contributed by atoms with Gasteiger partial charge in [0.1, 0.15) is 5.76 Å². The molecule has 1 aliphatic heterocycles. The van der Waals surface area contributed by atoms with Gasteiger partial charge in [-0.2, -0.15) is 0 Å². The van der Waals surface area contributed by atoms with Crippen molar-refractivity contribution in [2.24, 2.45) is 0 Å². The number of carbonyl (C=O) groups excluding carboxylic acids is 1. The van der Waals surface area contributed by atoms with Gasteiger partial charge < -0.3 is 4.74 Å². The molecule has 0 bridgehead atoms. The number of nitro groups is 1. The van der Waals surface area contributed by atoms with Crippen molar-refractivity contribution < 1.29 is 14.5 Å². The number of hydrogen-bond donors (Lipinski definition) is 0. The molecule has 0 fully saturated rings. The second-order valence-electron chi connectivity index (χ2n) is 5.31. The molecule has 120 valence electrons. The lowest BCUT2D eigenvalue weighted by Crippen LogP contribution is -1.97. The maximum absolute atomic E-state index is 12.0. The zero-order chi connectivity index (χ0) is 17.3. The molecule has 24 heavy (non-hydrogen) atoms. The van der Waals surface area contributed by atoms with Gasteiger partial charge in [-0.05, 0) is 48.9 Å². The largest absolute Gasteiger partial charge is 0.422 e. The van der Waals surface area contributed by atoms with E-state index < -0.39 is 10.9 Å². The van der Waals surface area contributed by atoms with Gasteiger partial charge in [-0.25, -0.2) is 4.79 Å².